The molecule has 0 fully saturated rings. The first-order chi connectivity index (χ1) is 10.9. The van der Waals surface area contributed by atoms with Crippen LogP contribution in [0.1, 0.15) is 20.8 Å². The maximum absolute atomic E-state index is 13.2. The molecule has 4 nitrogen and oxygen atoms in total. The van der Waals surface area contributed by atoms with Gasteiger partial charge in [-0.3, -0.25) is 14.2 Å². The second kappa shape index (κ2) is 5.66. The number of aromatic nitrogens is 2. The number of hydrogen-bond donors (Lipinski definition) is 0. The Morgan fingerprint density at radius 3 is 2.70 bits per heavy atom. The summed E-state index contributed by atoms with van der Waals surface area (Å²) in [6, 6.07) is 2.91. The summed E-state index contributed by atoms with van der Waals surface area (Å²) >= 11 is 1.42. The maximum Gasteiger partial charge on any atom is 0.262 e. The molecule has 0 unspecified atom stereocenters. The van der Waals surface area contributed by atoms with Crippen LogP contribution in [0.3, 0.4) is 0 Å². The molecule has 2 aromatic heterocycles. The van der Waals surface area contributed by atoms with Gasteiger partial charge in [0.2, 0.25) is 0 Å². The molecule has 1 aromatic carbocycles. The number of carbonyl (C=O) groups excluding carboxylic acids is 1. The van der Waals surface area contributed by atoms with Gasteiger partial charge in [0.15, 0.2) is 17.4 Å². The highest BCUT2D eigenvalue weighted by Crippen LogP contribution is 2.25. The average Bonchev–Trinajstić information content (AvgIpc) is 2.80. The van der Waals surface area contributed by atoms with Crippen LogP contribution in [0.15, 0.2) is 29.3 Å². The Morgan fingerprint density at radius 1 is 1.26 bits per heavy atom. The predicted octanol–water partition coefficient (Wildman–Crippen LogP) is 3.24. The van der Waals surface area contributed by atoms with Crippen molar-refractivity contribution in [2.75, 3.05) is 0 Å². The van der Waals surface area contributed by atoms with E-state index in [1.54, 1.807) is 0 Å². The molecule has 0 bridgehead atoms. The average molecular weight is 334 g/mol. The SMILES string of the molecule is Cc1sc2ncn(CC(=O)c3ccc(F)c(F)c3)c(=O)c2c1C. The highest BCUT2D eigenvalue weighted by Gasteiger charge is 2.15. The molecule has 0 saturated heterocycles. The first-order valence-corrected chi connectivity index (χ1v) is 7.63. The van der Waals surface area contributed by atoms with E-state index < -0.39 is 17.4 Å². The van der Waals surface area contributed by atoms with Crippen LogP contribution in [-0.4, -0.2) is 15.3 Å². The smallest absolute Gasteiger partial charge is 0.262 e. The van der Waals surface area contributed by atoms with E-state index in [4.69, 9.17) is 0 Å². The maximum atomic E-state index is 13.2. The molecule has 0 aliphatic heterocycles. The number of fused-ring (bicyclic) bond motifs is 1. The van der Waals surface area contributed by atoms with Crippen molar-refractivity contribution < 1.29 is 13.6 Å². The second-order valence-electron chi connectivity index (χ2n) is 5.19. The first-order valence-electron chi connectivity index (χ1n) is 6.82. The molecule has 118 valence electrons. The summed E-state index contributed by atoms with van der Waals surface area (Å²) in [5, 5.41) is 0.494. The molecule has 0 aliphatic rings. The van der Waals surface area contributed by atoms with Crippen LogP contribution in [0.2, 0.25) is 0 Å². The second-order valence-corrected chi connectivity index (χ2v) is 6.40. The highest BCUT2D eigenvalue weighted by molar-refractivity contribution is 7.18. The van der Waals surface area contributed by atoms with E-state index in [0.29, 0.717) is 10.2 Å². The quantitative estimate of drug-likeness (QED) is 0.691. The minimum atomic E-state index is -1.10. The Kier molecular flexibility index (Phi) is 3.81. The van der Waals surface area contributed by atoms with Crippen molar-refractivity contribution in [3.8, 4) is 0 Å². The van der Waals surface area contributed by atoms with Gasteiger partial charge in [-0.05, 0) is 37.6 Å². The predicted molar refractivity (Wildman–Crippen MR) is 84.0 cm³/mol. The van der Waals surface area contributed by atoms with Gasteiger partial charge in [-0.1, -0.05) is 0 Å². The van der Waals surface area contributed by atoms with Crippen molar-refractivity contribution in [3.05, 3.63) is 62.5 Å². The minimum absolute atomic E-state index is 0.00844. The largest absolute Gasteiger partial charge is 0.292 e. The van der Waals surface area contributed by atoms with Crippen LogP contribution in [-0.2, 0) is 6.54 Å². The fourth-order valence-electron chi connectivity index (χ4n) is 2.30. The monoisotopic (exact) mass is 334 g/mol. The van der Waals surface area contributed by atoms with Crippen LogP contribution >= 0.6 is 11.3 Å². The van der Waals surface area contributed by atoms with E-state index >= 15 is 0 Å². The number of thiophene rings is 1. The van der Waals surface area contributed by atoms with Gasteiger partial charge in [-0.15, -0.1) is 11.3 Å². The molecule has 3 rings (SSSR count). The van der Waals surface area contributed by atoms with E-state index in [2.05, 4.69) is 4.98 Å². The number of carbonyl (C=O) groups is 1. The molecular formula is C16H12F2N2O2S. The number of nitrogens with zero attached hydrogens (tertiary/aromatic N) is 2. The number of hydrogen-bond acceptors (Lipinski definition) is 4. The van der Waals surface area contributed by atoms with Gasteiger partial charge in [0.25, 0.3) is 5.56 Å². The number of halogens is 2. The zero-order valence-electron chi connectivity index (χ0n) is 12.4. The molecule has 0 atom stereocenters. The number of ketones is 1. The fraction of sp³-hybridized carbons (Fsp3) is 0.188. The summed E-state index contributed by atoms with van der Waals surface area (Å²) < 4.78 is 27.3. The zero-order chi connectivity index (χ0) is 16.7. The number of Topliss-reactive ketones (excluding diaryl/α,β-unsaturated/α-hetero) is 1. The van der Waals surface area contributed by atoms with E-state index in [9.17, 15) is 18.4 Å². The lowest BCUT2D eigenvalue weighted by Crippen LogP contribution is -2.24. The summed E-state index contributed by atoms with van der Waals surface area (Å²) in [7, 11) is 0. The van der Waals surface area contributed by atoms with Gasteiger partial charge in [0, 0.05) is 10.4 Å². The lowest BCUT2D eigenvalue weighted by Gasteiger charge is -2.05. The molecule has 2 heterocycles. The van der Waals surface area contributed by atoms with Crippen molar-refractivity contribution in [2.45, 2.75) is 20.4 Å². The van der Waals surface area contributed by atoms with E-state index in [1.807, 2.05) is 13.8 Å². The van der Waals surface area contributed by atoms with Gasteiger partial charge in [-0.25, -0.2) is 13.8 Å². The number of rotatable bonds is 3. The molecular weight excluding hydrogens is 322 g/mol. The van der Waals surface area contributed by atoms with Crippen molar-refractivity contribution in [2.24, 2.45) is 0 Å². The van der Waals surface area contributed by atoms with Crippen molar-refractivity contribution in [3.63, 3.8) is 0 Å². The number of benzene rings is 1. The Morgan fingerprint density at radius 2 is 2.00 bits per heavy atom. The Labute approximate surface area is 134 Å². The van der Waals surface area contributed by atoms with E-state index in [0.717, 1.165) is 22.6 Å². The van der Waals surface area contributed by atoms with Crippen molar-refractivity contribution >= 4 is 27.3 Å². The number of aryl methyl sites for hydroxylation is 2. The molecule has 0 amide bonds. The molecule has 23 heavy (non-hydrogen) atoms. The summed E-state index contributed by atoms with van der Waals surface area (Å²) in [5.74, 6) is -2.61. The topological polar surface area (TPSA) is 52.0 Å². The first kappa shape index (κ1) is 15.5. The zero-order valence-corrected chi connectivity index (χ0v) is 13.2. The molecule has 0 saturated carbocycles. The standard InChI is InChI=1S/C16H12F2N2O2S/c1-8-9(2)23-15-14(8)16(22)20(7-19-15)6-13(21)10-3-4-11(17)12(18)5-10/h3-5,7H,6H2,1-2H3. The third-order valence-electron chi connectivity index (χ3n) is 3.71. The third-order valence-corrected chi connectivity index (χ3v) is 4.83. The Bertz CT molecular complexity index is 992. The van der Waals surface area contributed by atoms with Crippen LogP contribution in [0.5, 0.6) is 0 Å². The summed E-state index contributed by atoms with van der Waals surface area (Å²) in [6.45, 7) is 3.46. The van der Waals surface area contributed by atoms with Crippen molar-refractivity contribution in [1.29, 1.82) is 0 Å². The van der Waals surface area contributed by atoms with Gasteiger partial charge in [-0.2, -0.15) is 0 Å². The molecule has 0 aliphatic carbocycles. The lowest BCUT2D eigenvalue weighted by molar-refractivity contribution is 0.0970. The molecule has 7 heteroatoms. The van der Waals surface area contributed by atoms with E-state index in [-0.39, 0.29) is 17.7 Å². The minimum Gasteiger partial charge on any atom is -0.292 e. The highest BCUT2D eigenvalue weighted by atomic mass is 32.1. The van der Waals surface area contributed by atoms with Crippen LogP contribution in [0.4, 0.5) is 8.78 Å². The Hall–Kier alpha value is -2.41. The Balaban J connectivity index is 1.99. The molecule has 0 N–H and O–H groups in total. The van der Waals surface area contributed by atoms with Crippen LogP contribution < -0.4 is 5.56 Å². The van der Waals surface area contributed by atoms with Gasteiger partial charge >= 0.3 is 0 Å². The van der Waals surface area contributed by atoms with Crippen molar-refractivity contribution in [1.82, 2.24) is 9.55 Å². The van der Waals surface area contributed by atoms with Gasteiger partial charge < -0.3 is 0 Å². The van der Waals surface area contributed by atoms with Gasteiger partial charge in [0.05, 0.1) is 18.3 Å². The summed E-state index contributed by atoms with van der Waals surface area (Å²) in [6.07, 6.45) is 1.30. The summed E-state index contributed by atoms with van der Waals surface area (Å²) in [5.41, 5.74) is 0.541. The third kappa shape index (κ3) is 2.68. The molecule has 3 aromatic rings. The van der Waals surface area contributed by atoms with E-state index in [1.165, 1.54) is 28.3 Å². The lowest BCUT2D eigenvalue weighted by atomic mass is 10.1. The molecule has 0 spiro atoms. The van der Waals surface area contributed by atoms with Crippen LogP contribution in [0, 0.1) is 25.5 Å². The molecule has 0 radical (unpaired) electrons. The fourth-order valence-corrected chi connectivity index (χ4v) is 3.29. The normalized spacial score (nSPS) is 11.1. The van der Waals surface area contributed by atoms with Gasteiger partial charge in [0.1, 0.15) is 4.83 Å². The summed E-state index contributed by atoms with van der Waals surface area (Å²) in [4.78, 5) is 30.5. The van der Waals surface area contributed by atoms with Crippen LogP contribution in [0.25, 0.3) is 10.2 Å².